The molecule has 0 amide bonds. The van der Waals surface area contributed by atoms with Crippen LogP contribution in [-0.4, -0.2) is 19.7 Å². The van der Waals surface area contributed by atoms with Gasteiger partial charge in [-0.3, -0.25) is 10.1 Å². The normalized spacial score (nSPS) is 12.0. The highest BCUT2D eigenvalue weighted by Gasteiger charge is 2.19. The van der Waals surface area contributed by atoms with Crippen LogP contribution in [0, 0.1) is 10.1 Å². The summed E-state index contributed by atoms with van der Waals surface area (Å²) < 4.78 is 7.95. The van der Waals surface area contributed by atoms with E-state index in [1.54, 1.807) is 18.2 Å². The van der Waals surface area contributed by atoms with Gasteiger partial charge in [0.2, 0.25) is 0 Å². The molecular weight excluding hydrogens is 400 g/mol. The Morgan fingerprint density at radius 2 is 1.93 bits per heavy atom. The third kappa shape index (κ3) is 4.63. The molecule has 0 spiro atoms. The van der Waals surface area contributed by atoms with E-state index in [0.29, 0.717) is 28.9 Å². The predicted molar refractivity (Wildman–Crippen MR) is 109 cm³/mol. The van der Waals surface area contributed by atoms with Crippen molar-refractivity contribution in [2.24, 2.45) is 0 Å². The minimum absolute atomic E-state index is 0.0818. The zero-order valence-electron chi connectivity index (χ0n) is 15.4. The fourth-order valence-electron chi connectivity index (χ4n) is 2.65. The highest BCUT2D eigenvalue weighted by molar-refractivity contribution is 7.98. The van der Waals surface area contributed by atoms with Crippen molar-refractivity contribution < 1.29 is 9.66 Å². The van der Waals surface area contributed by atoms with Crippen molar-refractivity contribution in [3.05, 3.63) is 75.1 Å². The summed E-state index contributed by atoms with van der Waals surface area (Å²) in [6.07, 6.45) is -0.318. The van der Waals surface area contributed by atoms with Gasteiger partial charge in [0.05, 0.1) is 9.95 Å². The maximum absolute atomic E-state index is 10.8. The fourth-order valence-corrected chi connectivity index (χ4v) is 3.80. The third-order valence-corrected chi connectivity index (χ3v) is 5.43. The monoisotopic (exact) mass is 418 g/mol. The molecule has 9 heteroatoms. The fraction of sp³-hybridized carbons (Fsp3) is 0.263. The number of nitrogens with zero attached hydrogens (tertiary/aromatic N) is 4. The Labute approximate surface area is 171 Å². The van der Waals surface area contributed by atoms with Crippen molar-refractivity contribution in [2.45, 2.75) is 37.4 Å². The lowest BCUT2D eigenvalue weighted by Gasteiger charge is -2.16. The summed E-state index contributed by atoms with van der Waals surface area (Å²) >= 11 is 7.69. The molecule has 0 saturated carbocycles. The Kier molecular flexibility index (Phi) is 6.53. The van der Waals surface area contributed by atoms with Crippen LogP contribution in [-0.2, 0) is 12.3 Å². The Balaban J connectivity index is 1.70. The Morgan fingerprint density at radius 3 is 2.57 bits per heavy atom. The number of aromatic nitrogens is 3. The summed E-state index contributed by atoms with van der Waals surface area (Å²) in [6, 6.07) is 13.8. The number of para-hydroxylation sites is 1. The third-order valence-electron chi connectivity index (χ3n) is 4.08. The number of halogens is 1. The molecular formula is C19H19ClN4O3S. The van der Waals surface area contributed by atoms with Gasteiger partial charge in [-0.2, -0.15) is 0 Å². The maximum atomic E-state index is 10.8. The summed E-state index contributed by atoms with van der Waals surface area (Å²) in [5.41, 5.74) is 1.06. The molecule has 7 nitrogen and oxygen atoms in total. The molecule has 0 aliphatic carbocycles. The van der Waals surface area contributed by atoms with Crippen molar-refractivity contribution in [1.82, 2.24) is 14.8 Å². The minimum Gasteiger partial charge on any atom is -0.481 e. The van der Waals surface area contributed by atoms with Gasteiger partial charge in [-0.25, -0.2) is 0 Å². The molecule has 1 aromatic heterocycles. The molecule has 1 unspecified atom stereocenters. The summed E-state index contributed by atoms with van der Waals surface area (Å²) in [7, 11) is 0. The lowest BCUT2D eigenvalue weighted by Crippen LogP contribution is -2.12. The van der Waals surface area contributed by atoms with E-state index in [0.717, 1.165) is 10.7 Å². The van der Waals surface area contributed by atoms with Crippen LogP contribution in [0.3, 0.4) is 0 Å². The SMILES string of the molecule is CCn1c(SCc2ccc([N+](=O)[O-])cc2)nnc1C(C)Oc1ccccc1Cl. The Bertz CT molecular complexity index is 962. The van der Waals surface area contributed by atoms with Crippen LogP contribution >= 0.6 is 23.4 Å². The van der Waals surface area contributed by atoms with E-state index in [9.17, 15) is 10.1 Å². The van der Waals surface area contributed by atoms with Crippen molar-refractivity contribution in [2.75, 3.05) is 0 Å². The second-order valence-electron chi connectivity index (χ2n) is 5.99. The van der Waals surface area contributed by atoms with Crippen molar-refractivity contribution in [3.8, 4) is 5.75 Å². The van der Waals surface area contributed by atoms with Gasteiger partial charge in [0, 0.05) is 24.4 Å². The number of nitro groups is 1. The predicted octanol–water partition coefficient (Wildman–Crippen LogP) is 5.29. The number of thioether (sulfide) groups is 1. The average molecular weight is 419 g/mol. The second kappa shape index (κ2) is 9.07. The van der Waals surface area contributed by atoms with Gasteiger partial charge < -0.3 is 9.30 Å². The zero-order valence-corrected chi connectivity index (χ0v) is 17.0. The van der Waals surface area contributed by atoms with E-state index in [1.165, 1.54) is 23.9 Å². The number of hydrogen-bond acceptors (Lipinski definition) is 6. The smallest absolute Gasteiger partial charge is 0.269 e. The van der Waals surface area contributed by atoms with E-state index in [1.807, 2.05) is 36.6 Å². The first-order chi connectivity index (χ1) is 13.5. The molecule has 0 aliphatic heterocycles. The van der Waals surface area contributed by atoms with E-state index in [4.69, 9.17) is 16.3 Å². The topological polar surface area (TPSA) is 83.1 Å². The van der Waals surface area contributed by atoms with Crippen molar-refractivity contribution in [3.63, 3.8) is 0 Å². The molecule has 146 valence electrons. The number of nitro benzene ring substituents is 1. The molecule has 0 N–H and O–H groups in total. The number of non-ortho nitro benzene ring substituents is 1. The molecule has 1 atom stereocenters. The average Bonchev–Trinajstić information content (AvgIpc) is 3.11. The second-order valence-corrected chi connectivity index (χ2v) is 7.34. The molecule has 0 bridgehead atoms. The highest BCUT2D eigenvalue weighted by atomic mass is 35.5. The van der Waals surface area contributed by atoms with E-state index < -0.39 is 4.92 Å². The maximum Gasteiger partial charge on any atom is 0.269 e. The van der Waals surface area contributed by atoms with Crippen LogP contribution in [0.4, 0.5) is 5.69 Å². The van der Waals surface area contributed by atoms with Gasteiger partial charge in [-0.05, 0) is 31.5 Å². The first kappa shape index (κ1) is 20.2. The zero-order chi connectivity index (χ0) is 20.1. The summed E-state index contributed by atoms with van der Waals surface area (Å²) in [5.74, 6) is 1.95. The van der Waals surface area contributed by atoms with E-state index >= 15 is 0 Å². The van der Waals surface area contributed by atoms with Crippen LogP contribution in [0.15, 0.2) is 53.7 Å². The minimum atomic E-state index is -0.405. The first-order valence-corrected chi connectivity index (χ1v) is 10.1. The largest absolute Gasteiger partial charge is 0.481 e. The number of benzene rings is 2. The van der Waals surface area contributed by atoms with Crippen LogP contribution < -0.4 is 4.74 Å². The lowest BCUT2D eigenvalue weighted by molar-refractivity contribution is -0.384. The van der Waals surface area contributed by atoms with Crippen LogP contribution in [0.1, 0.15) is 31.3 Å². The van der Waals surface area contributed by atoms with E-state index in [2.05, 4.69) is 10.2 Å². The Hall–Kier alpha value is -2.58. The molecule has 3 aromatic rings. The van der Waals surface area contributed by atoms with Crippen LogP contribution in [0.2, 0.25) is 5.02 Å². The standard InChI is InChI=1S/C19H19ClN4O3S/c1-3-23-18(13(2)27-17-7-5-4-6-16(17)20)21-22-19(23)28-12-14-8-10-15(11-9-14)24(25)26/h4-11,13H,3,12H2,1-2H3. The summed E-state index contributed by atoms with van der Waals surface area (Å²) in [5, 5.41) is 20.7. The lowest BCUT2D eigenvalue weighted by atomic mass is 10.2. The molecule has 2 aromatic carbocycles. The molecule has 1 heterocycles. The molecule has 28 heavy (non-hydrogen) atoms. The van der Waals surface area contributed by atoms with Gasteiger partial charge in [0.1, 0.15) is 5.75 Å². The van der Waals surface area contributed by atoms with Crippen molar-refractivity contribution >= 4 is 29.1 Å². The highest BCUT2D eigenvalue weighted by Crippen LogP contribution is 2.30. The van der Waals surface area contributed by atoms with Gasteiger partial charge >= 0.3 is 0 Å². The summed E-state index contributed by atoms with van der Waals surface area (Å²) in [4.78, 5) is 10.3. The van der Waals surface area contributed by atoms with Gasteiger partial charge in [0.25, 0.3) is 5.69 Å². The molecule has 0 saturated heterocycles. The number of rotatable bonds is 8. The number of ether oxygens (including phenoxy) is 1. The number of hydrogen-bond donors (Lipinski definition) is 0. The molecule has 0 radical (unpaired) electrons. The Morgan fingerprint density at radius 1 is 1.21 bits per heavy atom. The quantitative estimate of drug-likeness (QED) is 0.280. The van der Waals surface area contributed by atoms with Crippen LogP contribution in [0.5, 0.6) is 5.75 Å². The summed E-state index contributed by atoms with van der Waals surface area (Å²) in [6.45, 7) is 4.62. The molecule has 0 fully saturated rings. The van der Waals surface area contributed by atoms with E-state index in [-0.39, 0.29) is 11.8 Å². The molecule has 3 rings (SSSR count). The van der Waals surface area contributed by atoms with Gasteiger partial charge in [-0.1, -0.05) is 47.6 Å². The van der Waals surface area contributed by atoms with Gasteiger partial charge in [-0.15, -0.1) is 10.2 Å². The van der Waals surface area contributed by atoms with Gasteiger partial charge in [0.15, 0.2) is 17.1 Å². The molecule has 0 aliphatic rings. The van der Waals surface area contributed by atoms with Crippen LogP contribution in [0.25, 0.3) is 0 Å². The van der Waals surface area contributed by atoms with Crippen molar-refractivity contribution in [1.29, 1.82) is 0 Å². The first-order valence-electron chi connectivity index (χ1n) is 8.70.